The van der Waals surface area contributed by atoms with Crippen molar-refractivity contribution in [3.63, 3.8) is 0 Å². The third kappa shape index (κ3) is 32.4. The summed E-state index contributed by atoms with van der Waals surface area (Å²) in [6, 6.07) is 0. The SMILES string of the molecule is CCCCC/C=C\C/C=C\CCCCCCCC(=O)OCCCCCCCCCCCCCCC(=O)O. The summed E-state index contributed by atoms with van der Waals surface area (Å²) in [5.41, 5.74) is 0. The largest absolute Gasteiger partial charge is 0.481 e. The molecular weight excluding hydrogens is 460 g/mol. The smallest absolute Gasteiger partial charge is 0.305 e. The number of unbranched alkanes of at least 4 members (excludes halogenated alkanes) is 19. The van der Waals surface area contributed by atoms with E-state index in [4.69, 9.17) is 9.84 Å². The molecule has 216 valence electrons. The first-order chi connectivity index (χ1) is 18.2. The molecule has 0 heterocycles. The maximum Gasteiger partial charge on any atom is 0.305 e. The van der Waals surface area contributed by atoms with E-state index in [1.165, 1.54) is 103 Å². The van der Waals surface area contributed by atoms with Crippen LogP contribution < -0.4 is 0 Å². The van der Waals surface area contributed by atoms with Crippen LogP contribution in [-0.4, -0.2) is 23.7 Å². The molecule has 0 aliphatic rings. The van der Waals surface area contributed by atoms with Gasteiger partial charge < -0.3 is 9.84 Å². The number of esters is 1. The average molecular weight is 521 g/mol. The summed E-state index contributed by atoms with van der Waals surface area (Å²) in [6.45, 7) is 2.83. The Morgan fingerprint density at radius 3 is 1.49 bits per heavy atom. The molecular formula is C33H60O4. The van der Waals surface area contributed by atoms with Crippen molar-refractivity contribution >= 4 is 11.9 Å². The van der Waals surface area contributed by atoms with Crippen molar-refractivity contribution in [2.75, 3.05) is 6.61 Å². The molecule has 0 aromatic carbocycles. The van der Waals surface area contributed by atoms with Gasteiger partial charge in [0.05, 0.1) is 6.61 Å². The number of carbonyl (C=O) groups is 2. The first-order valence-corrected chi connectivity index (χ1v) is 15.8. The lowest BCUT2D eigenvalue weighted by atomic mass is 10.0. The van der Waals surface area contributed by atoms with Crippen LogP contribution in [0.3, 0.4) is 0 Å². The van der Waals surface area contributed by atoms with Gasteiger partial charge in [-0.15, -0.1) is 0 Å². The maximum atomic E-state index is 11.9. The fraction of sp³-hybridized carbons (Fsp3) is 0.818. The number of allylic oxidation sites excluding steroid dienone is 4. The summed E-state index contributed by atoms with van der Waals surface area (Å²) in [5, 5.41) is 8.61. The van der Waals surface area contributed by atoms with Gasteiger partial charge in [0, 0.05) is 12.8 Å². The third-order valence-electron chi connectivity index (χ3n) is 6.88. The lowest BCUT2D eigenvalue weighted by Crippen LogP contribution is -2.05. The van der Waals surface area contributed by atoms with Crippen molar-refractivity contribution in [1.29, 1.82) is 0 Å². The summed E-state index contributed by atoms with van der Waals surface area (Å²) in [4.78, 5) is 22.3. The molecule has 0 aliphatic carbocycles. The predicted molar refractivity (Wildman–Crippen MR) is 158 cm³/mol. The Morgan fingerprint density at radius 2 is 0.973 bits per heavy atom. The van der Waals surface area contributed by atoms with Gasteiger partial charge in [-0.1, -0.05) is 128 Å². The van der Waals surface area contributed by atoms with Crippen LogP contribution in [0.5, 0.6) is 0 Å². The first kappa shape index (κ1) is 35.4. The van der Waals surface area contributed by atoms with Crippen molar-refractivity contribution in [2.24, 2.45) is 0 Å². The van der Waals surface area contributed by atoms with Crippen molar-refractivity contribution in [2.45, 2.75) is 167 Å². The Morgan fingerprint density at radius 1 is 0.541 bits per heavy atom. The Hall–Kier alpha value is -1.58. The summed E-state index contributed by atoms with van der Waals surface area (Å²) in [5.74, 6) is -0.695. The van der Waals surface area contributed by atoms with Crippen molar-refractivity contribution in [3.05, 3.63) is 24.3 Å². The summed E-state index contributed by atoms with van der Waals surface area (Å²) < 4.78 is 5.39. The minimum atomic E-state index is -0.675. The molecule has 0 radical (unpaired) electrons. The minimum absolute atomic E-state index is 0.0198. The molecule has 4 nitrogen and oxygen atoms in total. The number of hydrogen-bond acceptors (Lipinski definition) is 3. The van der Waals surface area contributed by atoms with E-state index < -0.39 is 5.97 Å². The number of ether oxygens (including phenoxy) is 1. The predicted octanol–water partition coefficient (Wildman–Crippen LogP) is 10.5. The molecule has 0 saturated carbocycles. The molecule has 0 bridgehead atoms. The lowest BCUT2D eigenvalue weighted by Gasteiger charge is -2.05. The standard InChI is InChI=1S/C33H60O4/c1-2-3-4-5-6-7-8-9-10-11-15-18-21-24-27-30-33(36)37-31-28-25-22-19-16-13-12-14-17-20-23-26-29-32(34)35/h6-7,9-10H,2-5,8,11-31H2,1H3,(H,34,35)/b7-6-,10-9-. The van der Waals surface area contributed by atoms with E-state index >= 15 is 0 Å². The second-order valence-corrected chi connectivity index (χ2v) is 10.6. The van der Waals surface area contributed by atoms with E-state index in [0.29, 0.717) is 19.4 Å². The van der Waals surface area contributed by atoms with Crippen LogP contribution >= 0.6 is 0 Å². The molecule has 4 heteroatoms. The van der Waals surface area contributed by atoms with E-state index in [1.54, 1.807) is 0 Å². The molecule has 0 saturated heterocycles. The van der Waals surface area contributed by atoms with E-state index in [9.17, 15) is 9.59 Å². The zero-order chi connectivity index (χ0) is 27.1. The second-order valence-electron chi connectivity index (χ2n) is 10.6. The van der Waals surface area contributed by atoms with Gasteiger partial charge in [-0.25, -0.2) is 0 Å². The molecule has 0 unspecified atom stereocenters. The molecule has 0 aromatic rings. The molecule has 0 atom stereocenters. The van der Waals surface area contributed by atoms with Crippen LogP contribution in [-0.2, 0) is 14.3 Å². The molecule has 0 aliphatic heterocycles. The zero-order valence-corrected chi connectivity index (χ0v) is 24.4. The van der Waals surface area contributed by atoms with E-state index in [1.807, 2.05) is 0 Å². The van der Waals surface area contributed by atoms with Gasteiger partial charge in [0.1, 0.15) is 0 Å². The highest BCUT2D eigenvalue weighted by Crippen LogP contribution is 2.13. The number of carboxylic acid groups (broad SMARTS) is 1. The normalized spacial score (nSPS) is 11.6. The lowest BCUT2D eigenvalue weighted by molar-refractivity contribution is -0.144. The van der Waals surface area contributed by atoms with Gasteiger partial charge in [0.15, 0.2) is 0 Å². The molecule has 0 spiro atoms. The summed E-state index contributed by atoms with van der Waals surface area (Å²) >= 11 is 0. The highest BCUT2D eigenvalue weighted by atomic mass is 16.5. The van der Waals surface area contributed by atoms with Crippen molar-refractivity contribution in [1.82, 2.24) is 0 Å². The Bertz CT molecular complexity index is 553. The average Bonchev–Trinajstić information content (AvgIpc) is 2.88. The minimum Gasteiger partial charge on any atom is -0.481 e. The van der Waals surface area contributed by atoms with E-state index in [-0.39, 0.29) is 5.97 Å². The van der Waals surface area contributed by atoms with Gasteiger partial charge in [0.25, 0.3) is 0 Å². The maximum absolute atomic E-state index is 11.9. The summed E-state index contributed by atoms with van der Waals surface area (Å²) in [7, 11) is 0. The van der Waals surface area contributed by atoms with E-state index in [0.717, 1.165) is 44.9 Å². The molecule has 37 heavy (non-hydrogen) atoms. The van der Waals surface area contributed by atoms with Crippen LogP contribution in [0.4, 0.5) is 0 Å². The fourth-order valence-electron chi connectivity index (χ4n) is 4.48. The Kier molecular flexibility index (Phi) is 29.3. The molecule has 1 N–H and O–H groups in total. The molecule has 0 fully saturated rings. The monoisotopic (exact) mass is 520 g/mol. The topological polar surface area (TPSA) is 63.6 Å². The molecule has 0 amide bonds. The molecule has 0 aromatic heterocycles. The van der Waals surface area contributed by atoms with Gasteiger partial charge in [-0.05, 0) is 51.4 Å². The highest BCUT2D eigenvalue weighted by Gasteiger charge is 2.02. The van der Waals surface area contributed by atoms with Crippen LogP contribution in [0.1, 0.15) is 167 Å². The first-order valence-electron chi connectivity index (χ1n) is 15.8. The Balaban J connectivity index is 3.24. The van der Waals surface area contributed by atoms with Gasteiger partial charge in [-0.2, -0.15) is 0 Å². The number of aliphatic carboxylic acids is 1. The van der Waals surface area contributed by atoms with Crippen LogP contribution in [0, 0.1) is 0 Å². The van der Waals surface area contributed by atoms with Crippen LogP contribution in [0.15, 0.2) is 24.3 Å². The number of rotatable bonds is 29. The van der Waals surface area contributed by atoms with Gasteiger partial charge >= 0.3 is 11.9 Å². The number of carbonyl (C=O) groups excluding carboxylic acids is 1. The quantitative estimate of drug-likeness (QED) is 0.0605. The fourth-order valence-corrected chi connectivity index (χ4v) is 4.48. The number of hydrogen-bond donors (Lipinski definition) is 1. The van der Waals surface area contributed by atoms with Crippen LogP contribution in [0.25, 0.3) is 0 Å². The van der Waals surface area contributed by atoms with Crippen molar-refractivity contribution in [3.8, 4) is 0 Å². The molecule has 0 rings (SSSR count). The van der Waals surface area contributed by atoms with Gasteiger partial charge in [-0.3, -0.25) is 9.59 Å². The van der Waals surface area contributed by atoms with Gasteiger partial charge in [0.2, 0.25) is 0 Å². The summed E-state index contributed by atoms with van der Waals surface area (Å²) in [6.07, 6.45) is 37.4. The second kappa shape index (κ2) is 30.6. The Labute approximate surface area is 229 Å². The third-order valence-corrected chi connectivity index (χ3v) is 6.88. The van der Waals surface area contributed by atoms with Crippen molar-refractivity contribution < 1.29 is 19.4 Å². The van der Waals surface area contributed by atoms with Crippen LogP contribution in [0.2, 0.25) is 0 Å². The highest BCUT2D eigenvalue weighted by molar-refractivity contribution is 5.69. The van der Waals surface area contributed by atoms with E-state index in [2.05, 4.69) is 31.2 Å². The number of carboxylic acids is 1. The zero-order valence-electron chi connectivity index (χ0n) is 24.4.